The Morgan fingerprint density at radius 1 is 1.22 bits per heavy atom. The molecule has 18 heavy (non-hydrogen) atoms. The number of halogens is 3. The summed E-state index contributed by atoms with van der Waals surface area (Å²) in [5.74, 6) is -3.19. The van der Waals surface area contributed by atoms with Crippen LogP contribution in [0, 0.1) is 0 Å². The molecule has 7 heteroatoms. The maximum atomic E-state index is 11.9. The molecule has 0 saturated heterocycles. The third-order valence-corrected chi connectivity index (χ3v) is 2.19. The third kappa shape index (κ3) is 3.76. The van der Waals surface area contributed by atoms with Gasteiger partial charge in [0.05, 0.1) is 5.56 Å². The highest BCUT2D eigenvalue weighted by Crippen LogP contribution is 2.14. The second-order valence-electron chi connectivity index (χ2n) is 3.47. The molecular formula is C11H10F3NO3. The van der Waals surface area contributed by atoms with Gasteiger partial charge in [0.2, 0.25) is 0 Å². The Kier molecular flexibility index (Phi) is 4.30. The summed E-state index contributed by atoms with van der Waals surface area (Å²) >= 11 is 0. The van der Waals surface area contributed by atoms with E-state index in [1.807, 2.05) is 0 Å². The molecule has 0 heterocycles. The Hall–Kier alpha value is -2.05. The fraction of sp³-hybridized carbons (Fsp3) is 0.273. The standard InChI is InChI=1S/C11H10F3NO3/c12-11(13,14)10(18)15-6-5-7-3-1-2-4-8(7)9(16)17/h1-4H,5-6H2,(H,15,18)(H,16,17). The molecule has 0 aliphatic rings. The van der Waals surface area contributed by atoms with Gasteiger partial charge in [-0.05, 0) is 18.1 Å². The first-order chi connectivity index (χ1) is 8.32. The predicted octanol–water partition coefficient (Wildman–Crippen LogP) is 1.61. The summed E-state index contributed by atoms with van der Waals surface area (Å²) in [6.07, 6.45) is -4.91. The topological polar surface area (TPSA) is 66.4 Å². The molecule has 98 valence electrons. The normalized spacial score (nSPS) is 11.1. The number of nitrogens with one attached hydrogen (secondary N) is 1. The van der Waals surface area contributed by atoms with Gasteiger partial charge in [-0.15, -0.1) is 0 Å². The summed E-state index contributed by atoms with van der Waals surface area (Å²) in [6, 6.07) is 5.93. The first-order valence-electron chi connectivity index (χ1n) is 4.98. The molecule has 1 aromatic rings. The van der Waals surface area contributed by atoms with Crippen LogP contribution in [0.5, 0.6) is 0 Å². The number of carboxylic acids is 1. The molecule has 0 saturated carbocycles. The zero-order valence-electron chi connectivity index (χ0n) is 9.12. The number of carboxylic acid groups (broad SMARTS) is 1. The van der Waals surface area contributed by atoms with Crippen molar-refractivity contribution in [3.63, 3.8) is 0 Å². The molecule has 0 spiro atoms. The SMILES string of the molecule is O=C(O)c1ccccc1CCNC(=O)C(F)(F)F. The lowest BCUT2D eigenvalue weighted by atomic mass is 10.0. The Morgan fingerprint density at radius 2 is 1.83 bits per heavy atom. The van der Waals surface area contributed by atoms with Crippen molar-refractivity contribution in [3.05, 3.63) is 35.4 Å². The number of carbonyl (C=O) groups is 2. The van der Waals surface area contributed by atoms with E-state index in [1.54, 1.807) is 11.4 Å². The number of benzene rings is 1. The Balaban J connectivity index is 2.60. The Bertz CT molecular complexity index is 457. The van der Waals surface area contributed by atoms with Gasteiger partial charge in [-0.1, -0.05) is 18.2 Å². The summed E-state index contributed by atoms with van der Waals surface area (Å²) < 4.78 is 35.6. The summed E-state index contributed by atoms with van der Waals surface area (Å²) in [5, 5.41) is 10.5. The number of carbonyl (C=O) groups excluding carboxylic acids is 1. The second kappa shape index (κ2) is 5.52. The average Bonchev–Trinajstić information content (AvgIpc) is 2.28. The molecule has 0 atom stereocenters. The van der Waals surface area contributed by atoms with Crippen LogP contribution in [-0.4, -0.2) is 29.7 Å². The van der Waals surface area contributed by atoms with Crippen LogP contribution in [0.25, 0.3) is 0 Å². The number of rotatable bonds is 4. The van der Waals surface area contributed by atoms with Gasteiger partial charge in [-0.3, -0.25) is 4.79 Å². The first-order valence-corrected chi connectivity index (χ1v) is 4.98. The minimum atomic E-state index is -4.92. The van der Waals surface area contributed by atoms with Crippen molar-refractivity contribution in [1.82, 2.24) is 5.32 Å². The molecule has 0 unspecified atom stereocenters. The minimum absolute atomic E-state index is 0.0127. The second-order valence-corrected chi connectivity index (χ2v) is 3.47. The van der Waals surface area contributed by atoms with Gasteiger partial charge in [0, 0.05) is 6.54 Å². The zero-order chi connectivity index (χ0) is 13.8. The number of hydrogen-bond acceptors (Lipinski definition) is 2. The van der Waals surface area contributed by atoms with Gasteiger partial charge < -0.3 is 10.4 Å². The van der Waals surface area contributed by atoms with E-state index in [0.717, 1.165) is 0 Å². The van der Waals surface area contributed by atoms with Gasteiger partial charge in [-0.2, -0.15) is 13.2 Å². The fourth-order valence-electron chi connectivity index (χ4n) is 1.36. The predicted molar refractivity (Wildman–Crippen MR) is 56.2 cm³/mol. The number of aromatic carboxylic acids is 1. The quantitative estimate of drug-likeness (QED) is 0.865. The van der Waals surface area contributed by atoms with E-state index in [1.165, 1.54) is 18.2 Å². The molecule has 4 nitrogen and oxygen atoms in total. The first kappa shape index (κ1) is 14.0. The van der Waals surface area contributed by atoms with Crippen molar-refractivity contribution in [2.75, 3.05) is 6.54 Å². The maximum absolute atomic E-state index is 11.9. The monoisotopic (exact) mass is 261 g/mol. The van der Waals surface area contributed by atoms with Crippen molar-refractivity contribution in [1.29, 1.82) is 0 Å². The molecule has 1 amide bonds. The van der Waals surface area contributed by atoms with Crippen LogP contribution >= 0.6 is 0 Å². The minimum Gasteiger partial charge on any atom is -0.478 e. The molecule has 0 fully saturated rings. The van der Waals surface area contributed by atoms with Crippen LogP contribution in [0.3, 0.4) is 0 Å². The Morgan fingerprint density at radius 3 is 2.39 bits per heavy atom. The van der Waals surface area contributed by atoms with Gasteiger partial charge in [0.15, 0.2) is 0 Å². The molecule has 0 radical (unpaired) electrons. The number of hydrogen-bond donors (Lipinski definition) is 2. The zero-order valence-corrected chi connectivity index (χ0v) is 9.12. The summed E-state index contributed by atoms with van der Waals surface area (Å²) in [4.78, 5) is 21.3. The molecule has 0 aliphatic carbocycles. The molecule has 0 bridgehead atoms. The van der Waals surface area contributed by atoms with Crippen LogP contribution < -0.4 is 5.32 Å². The highest BCUT2D eigenvalue weighted by molar-refractivity contribution is 5.89. The van der Waals surface area contributed by atoms with Crippen molar-refractivity contribution in [3.8, 4) is 0 Å². The van der Waals surface area contributed by atoms with E-state index < -0.39 is 18.1 Å². The molecule has 1 aromatic carbocycles. The molecule has 2 N–H and O–H groups in total. The maximum Gasteiger partial charge on any atom is 0.471 e. The van der Waals surface area contributed by atoms with E-state index in [9.17, 15) is 22.8 Å². The molecule has 0 aromatic heterocycles. The third-order valence-electron chi connectivity index (χ3n) is 2.19. The molecule has 1 rings (SSSR count). The van der Waals surface area contributed by atoms with Crippen molar-refractivity contribution >= 4 is 11.9 Å². The van der Waals surface area contributed by atoms with Gasteiger partial charge in [-0.25, -0.2) is 4.79 Å². The van der Waals surface area contributed by atoms with E-state index >= 15 is 0 Å². The molecule has 0 aliphatic heterocycles. The smallest absolute Gasteiger partial charge is 0.471 e. The van der Waals surface area contributed by atoms with E-state index in [2.05, 4.69) is 0 Å². The summed E-state index contributed by atoms with van der Waals surface area (Å²) in [6.45, 7) is -0.275. The number of amides is 1. The van der Waals surface area contributed by atoms with Crippen LogP contribution in [0.1, 0.15) is 15.9 Å². The van der Waals surface area contributed by atoms with Gasteiger partial charge >= 0.3 is 18.1 Å². The van der Waals surface area contributed by atoms with Crippen LogP contribution in [-0.2, 0) is 11.2 Å². The lowest BCUT2D eigenvalue weighted by Gasteiger charge is -2.09. The lowest BCUT2D eigenvalue weighted by Crippen LogP contribution is -2.37. The van der Waals surface area contributed by atoms with Crippen LogP contribution in [0.15, 0.2) is 24.3 Å². The highest BCUT2D eigenvalue weighted by atomic mass is 19.4. The molecular weight excluding hydrogens is 251 g/mol. The van der Waals surface area contributed by atoms with E-state index in [4.69, 9.17) is 5.11 Å². The van der Waals surface area contributed by atoms with Gasteiger partial charge in [0.1, 0.15) is 0 Å². The van der Waals surface area contributed by atoms with Gasteiger partial charge in [0.25, 0.3) is 0 Å². The largest absolute Gasteiger partial charge is 0.478 e. The van der Waals surface area contributed by atoms with Crippen LogP contribution in [0.4, 0.5) is 13.2 Å². The van der Waals surface area contributed by atoms with E-state index in [-0.39, 0.29) is 18.5 Å². The average molecular weight is 261 g/mol. The summed E-state index contributed by atoms with van der Waals surface area (Å²) in [7, 11) is 0. The van der Waals surface area contributed by atoms with E-state index in [0.29, 0.717) is 5.56 Å². The van der Waals surface area contributed by atoms with Crippen molar-refractivity contribution in [2.24, 2.45) is 0 Å². The van der Waals surface area contributed by atoms with Crippen molar-refractivity contribution < 1.29 is 27.9 Å². The summed E-state index contributed by atoms with van der Waals surface area (Å²) in [5.41, 5.74) is 0.381. The van der Waals surface area contributed by atoms with Crippen molar-refractivity contribution in [2.45, 2.75) is 12.6 Å². The van der Waals surface area contributed by atoms with Crippen LogP contribution in [0.2, 0.25) is 0 Å². The lowest BCUT2D eigenvalue weighted by molar-refractivity contribution is -0.173. The highest BCUT2D eigenvalue weighted by Gasteiger charge is 2.38. The number of alkyl halides is 3. The Labute approximate surface area is 100 Å². The fourth-order valence-corrected chi connectivity index (χ4v) is 1.36.